The molecule has 6 nitrogen and oxygen atoms in total. The molecule has 2 rings (SSSR count). The maximum atomic E-state index is 12.1. The van der Waals surface area contributed by atoms with E-state index in [1.165, 1.54) is 0 Å². The molecule has 128 valence electrons. The molecule has 9 heteroatoms. The van der Waals surface area contributed by atoms with Gasteiger partial charge in [-0.1, -0.05) is 6.92 Å². The maximum Gasteiger partial charge on any atom is 0.279 e. The van der Waals surface area contributed by atoms with Gasteiger partial charge in [0.15, 0.2) is 0 Å². The van der Waals surface area contributed by atoms with E-state index in [-0.39, 0.29) is 24.8 Å². The van der Waals surface area contributed by atoms with Crippen molar-refractivity contribution in [2.75, 3.05) is 52.4 Å². The molecule has 2 saturated heterocycles. The molecule has 0 aromatic rings. The highest BCUT2D eigenvalue weighted by Crippen LogP contribution is 2.17. The third-order valence-corrected chi connectivity index (χ3v) is 5.62. The first kappa shape index (κ1) is 21.4. The summed E-state index contributed by atoms with van der Waals surface area (Å²) >= 11 is 0. The summed E-state index contributed by atoms with van der Waals surface area (Å²) in [4.78, 5) is 2.29. The molecule has 0 aromatic heterocycles. The molecule has 21 heavy (non-hydrogen) atoms. The van der Waals surface area contributed by atoms with Crippen LogP contribution in [0.1, 0.15) is 19.8 Å². The molecule has 0 unspecified atom stereocenters. The summed E-state index contributed by atoms with van der Waals surface area (Å²) in [7, 11) is -3.27. The van der Waals surface area contributed by atoms with Crippen LogP contribution in [-0.4, -0.2) is 70.0 Å². The number of piperidine rings is 1. The molecule has 0 spiro atoms. The van der Waals surface area contributed by atoms with Crippen molar-refractivity contribution in [1.82, 2.24) is 19.2 Å². The van der Waals surface area contributed by atoms with Crippen LogP contribution in [0.2, 0.25) is 0 Å². The van der Waals surface area contributed by atoms with Crippen molar-refractivity contribution in [2.24, 2.45) is 5.92 Å². The Morgan fingerprint density at radius 3 is 2.24 bits per heavy atom. The molecular formula is C12H28Cl2N4O2S. The highest BCUT2D eigenvalue weighted by molar-refractivity contribution is 7.87. The summed E-state index contributed by atoms with van der Waals surface area (Å²) in [6.07, 6.45) is 1.94. The quantitative estimate of drug-likeness (QED) is 0.738. The van der Waals surface area contributed by atoms with Gasteiger partial charge in [-0.2, -0.15) is 12.7 Å². The average molecular weight is 363 g/mol. The highest BCUT2D eigenvalue weighted by Gasteiger charge is 2.25. The van der Waals surface area contributed by atoms with Crippen molar-refractivity contribution in [3.05, 3.63) is 0 Å². The van der Waals surface area contributed by atoms with Crippen LogP contribution < -0.4 is 10.0 Å². The van der Waals surface area contributed by atoms with Gasteiger partial charge in [-0.25, -0.2) is 4.72 Å². The molecule has 2 aliphatic heterocycles. The fourth-order valence-corrected chi connectivity index (χ4v) is 3.81. The number of rotatable bonds is 5. The van der Waals surface area contributed by atoms with E-state index in [2.05, 4.69) is 21.9 Å². The van der Waals surface area contributed by atoms with Gasteiger partial charge in [-0.05, 0) is 18.8 Å². The van der Waals surface area contributed by atoms with Crippen LogP contribution in [0.25, 0.3) is 0 Å². The fourth-order valence-electron chi connectivity index (χ4n) is 2.58. The monoisotopic (exact) mass is 362 g/mol. The number of hydrogen-bond acceptors (Lipinski definition) is 4. The molecule has 0 aromatic carbocycles. The fraction of sp³-hybridized carbons (Fsp3) is 1.00. The minimum Gasteiger partial charge on any atom is -0.314 e. The smallest absolute Gasteiger partial charge is 0.279 e. The topological polar surface area (TPSA) is 64.7 Å². The zero-order valence-corrected chi connectivity index (χ0v) is 15.0. The Labute approximate surface area is 141 Å². The minimum absolute atomic E-state index is 0. The summed E-state index contributed by atoms with van der Waals surface area (Å²) in [5.74, 6) is 0.646. The van der Waals surface area contributed by atoms with Crippen molar-refractivity contribution in [2.45, 2.75) is 19.8 Å². The molecule has 0 aliphatic carbocycles. The lowest BCUT2D eigenvalue weighted by Crippen LogP contribution is -2.49. The molecule has 0 atom stereocenters. The molecule has 0 amide bonds. The third-order valence-electron chi connectivity index (χ3n) is 4.00. The van der Waals surface area contributed by atoms with Crippen molar-refractivity contribution < 1.29 is 8.42 Å². The van der Waals surface area contributed by atoms with Crippen LogP contribution in [0, 0.1) is 5.92 Å². The molecule has 2 N–H and O–H groups in total. The third kappa shape index (κ3) is 6.99. The van der Waals surface area contributed by atoms with Crippen molar-refractivity contribution in [1.29, 1.82) is 0 Å². The Morgan fingerprint density at radius 1 is 1.10 bits per heavy atom. The first-order valence-corrected chi connectivity index (χ1v) is 8.70. The Hall–Kier alpha value is 0.370. The summed E-state index contributed by atoms with van der Waals surface area (Å²) in [6, 6.07) is 0. The van der Waals surface area contributed by atoms with Crippen molar-refractivity contribution >= 4 is 35.0 Å². The van der Waals surface area contributed by atoms with Crippen molar-refractivity contribution in [3.63, 3.8) is 0 Å². The van der Waals surface area contributed by atoms with Crippen LogP contribution in [0.3, 0.4) is 0 Å². The predicted octanol–water partition coefficient (Wildman–Crippen LogP) is 0.301. The Kier molecular flexibility index (Phi) is 10.4. The lowest BCUT2D eigenvalue weighted by atomic mass is 10.0. The summed E-state index contributed by atoms with van der Waals surface area (Å²) < 4.78 is 28.6. The van der Waals surface area contributed by atoms with E-state index in [9.17, 15) is 8.42 Å². The predicted molar refractivity (Wildman–Crippen MR) is 90.7 cm³/mol. The van der Waals surface area contributed by atoms with Gasteiger partial charge in [0.25, 0.3) is 10.2 Å². The average Bonchev–Trinajstić information content (AvgIpc) is 2.40. The molecule has 2 heterocycles. The Bertz CT molecular complexity index is 369. The largest absolute Gasteiger partial charge is 0.314 e. The van der Waals surface area contributed by atoms with Gasteiger partial charge in [0.05, 0.1) is 0 Å². The molecule has 2 fully saturated rings. The standard InChI is InChI=1S/C12H26N4O2S.2ClH/c1-12-2-7-16(8-3-12)19(17,18)14-6-11-15-9-4-13-5-10-15;;/h12-14H,2-11H2,1H3;2*1H. The van der Waals surface area contributed by atoms with Gasteiger partial charge >= 0.3 is 0 Å². The SMILES string of the molecule is CC1CCN(S(=O)(=O)NCCN2CCNCC2)CC1.Cl.Cl. The number of halogens is 2. The number of hydrogen-bond donors (Lipinski definition) is 2. The lowest BCUT2D eigenvalue weighted by Gasteiger charge is -2.30. The molecule has 2 aliphatic rings. The highest BCUT2D eigenvalue weighted by atomic mass is 35.5. The summed E-state index contributed by atoms with van der Waals surface area (Å²) in [5, 5.41) is 3.29. The number of nitrogens with one attached hydrogen (secondary N) is 2. The first-order valence-electron chi connectivity index (χ1n) is 7.26. The van der Waals surface area contributed by atoms with Crippen LogP contribution in [-0.2, 0) is 10.2 Å². The first-order chi connectivity index (χ1) is 9.08. The van der Waals surface area contributed by atoms with E-state index in [0.29, 0.717) is 25.6 Å². The maximum absolute atomic E-state index is 12.1. The molecule has 0 bridgehead atoms. The molecule has 0 radical (unpaired) electrons. The van der Waals surface area contributed by atoms with Gasteiger partial charge in [0.1, 0.15) is 0 Å². The summed E-state index contributed by atoms with van der Waals surface area (Å²) in [5.41, 5.74) is 0. The summed E-state index contributed by atoms with van der Waals surface area (Å²) in [6.45, 7) is 8.80. The lowest BCUT2D eigenvalue weighted by molar-refractivity contribution is 0.243. The van der Waals surface area contributed by atoms with Gasteiger partial charge in [-0.3, -0.25) is 4.90 Å². The second kappa shape index (κ2) is 10.2. The van der Waals surface area contributed by atoms with Gasteiger partial charge in [0, 0.05) is 52.4 Å². The van der Waals surface area contributed by atoms with Crippen LogP contribution in [0.5, 0.6) is 0 Å². The zero-order chi connectivity index (χ0) is 13.7. The minimum atomic E-state index is -3.27. The Balaban J connectivity index is 0.00000200. The van der Waals surface area contributed by atoms with Crippen molar-refractivity contribution in [3.8, 4) is 0 Å². The van der Waals surface area contributed by atoms with E-state index in [1.54, 1.807) is 4.31 Å². The van der Waals surface area contributed by atoms with E-state index in [1.807, 2.05) is 0 Å². The second-order valence-electron chi connectivity index (χ2n) is 5.57. The van der Waals surface area contributed by atoms with E-state index in [0.717, 1.165) is 45.6 Å². The zero-order valence-electron chi connectivity index (χ0n) is 12.6. The number of piperazine rings is 1. The second-order valence-corrected chi connectivity index (χ2v) is 7.33. The van der Waals surface area contributed by atoms with Crippen LogP contribution >= 0.6 is 24.8 Å². The van der Waals surface area contributed by atoms with Gasteiger partial charge < -0.3 is 5.32 Å². The van der Waals surface area contributed by atoms with Gasteiger partial charge in [0.2, 0.25) is 0 Å². The van der Waals surface area contributed by atoms with Gasteiger partial charge in [-0.15, -0.1) is 24.8 Å². The normalized spacial score (nSPS) is 22.3. The molecule has 0 saturated carbocycles. The Morgan fingerprint density at radius 2 is 1.67 bits per heavy atom. The molecular weight excluding hydrogens is 335 g/mol. The van der Waals surface area contributed by atoms with E-state index < -0.39 is 10.2 Å². The van der Waals surface area contributed by atoms with E-state index >= 15 is 0 Å². The number of nitrogens with zero attached hydrogens (tertiary/aromatic N) is 2. The van der Waals surface area contributed by atoms with E-state index in [4.69, 9.17) is 0 Å². The van der Waals surface area contributed by atoms with Crippen LogP contribution in [0.15, 0.2) is 0 Å². The van der Waals surface area contributed by atoms with Crippen LogP contribution in [0.4, 0.5) is 0 Å².